The molecule has 2 aromatic rings. The summed E-state index contributed by atoms with van der Waals surface area (Å²) in [6, 6.07) is 10.2. The van der Waals surface area contributed by atoms with Crippen LogP contribution in [0.1, 0.15) is 38.3 Å². The molecule has 2 N–H and O–H groups in total. The number of likely N-dealkylation sites (tertiary alicyclic amines) is 1. The predicted molar refractivity (Wildman–Crippen MR) is 126 cm³/mol. The number of hydrogen-bond acceptors (Lipinski definition) is 6. The summed E-state index contributed by atoms with van der Waals surface area (Å²) in [4.78, 5) is 44.1. The number of aromatic nitrogens is 1. The Morgan fingerprint density at radius 1 is 1.32 bits per heavy atom. The highest BCUT2D eigenvalue weighted by atomic mass is 35.5. The lowest BCUT2D eigenvalue weighted by atomic mass is 9.92. The van der Waals surface area contributed by atoms with Gasteiger partial charge in [0.05, 0.1) is 11.6 Å². The average molecular weight is 487 g/mol. The van der Waals surface area contributed by atoms with Gasteiger partial charge in [0, 0.05) is 31.1 Å². The number of carbonyl (C=O) groups is 3. The Kier molecular flexibility index (Phi) is 6.40. The number of fused-ring (bicyclic) bond motifs is 2. The summed E-state index contributed by atoms with van der Waals surface area (Å²) in [5.74, 6) is 0.0698. The van der Waals surface area contributed by atoms with Gasteiger partial charge in [-0.3, -0.25) is 10.1 Å². The molecule has 10 heteroatoms. The summed E-state index contributed by atoms with van der Waals surface area (Å²) in [5.41, 5.74) is -0.259. The Labute approximate surface area is 202 Å². The van der Waals surface area contributed by atoms with E-state index in [-0.39, 0.29) is 18.9 Å². The number of anilines is 1. The third-order valence-electron chi connectivity index (χ3n) is 5.67. The van der Waals surface area contributed by atoms with Gasteiger partial charge >= 0.3 is 12.2 Å². The quantitative estimate of drug-likeness (QED) is 0.679. The van der Waals surface area contributed by atoms with E-state index < -0.39 is 29.4 Å². The number of ether oxygens (including phenoxy) is 2. The second-order valence-electron chi connectivity index (χ2n) is 9.46. The molecule has 9 nitrogen and oxygen atoms in total. The lowest BCUT2D eigenvalue weighted by Gasteiger charge is -2.35. The topological polar surface area (TPSA) is 110 Å². The summed E-state index contributed by atoms with van der Waals surface area (Å²) >= 11 is 6.15. The van der Waals surface area contributed by atoms with E-state index in [9.17, 15) is 14.4 Å². The molecule has 2 atom stereocenters. The number of nitrogens with zero attached hydrogens (tertiary/aromatic N) is 2. The van der Waals surface area contributed by atoms with Gasteiger partial charge in [0.2, 0.25) is 5.91 Å². The van der Waals surface area contributed by atoms with E-state index in [2.05, 4.69) is 15.6 Å². The molecule has 0 bridgehead atoms. The summed E-state index contributed by atoms with van der Waals surface area (Å²) in [5, 5.41) is 5.70. The van der Waals surface area contributed by atoms with Crippen LogP contribution < -0.4 is 10.6 Å². The zero-order valence-electron chi connectivity index (χ0n) is 19.3. The van der Waals surface area contributed by atoms with Crippen molar-refractivity contribution in [2.24, 2.45) is 0 Å². The molecule has 1 saturated heterocycles. The third kappa shape index (κ3) is 5.25. The molecule has 34 heavy (non-hydrogen) atoms. The maximum atomic E-state index is 13.6. The first-order valence-electron chi connectivity index (χ1n) is 11.0. The number of amides is 3. The average Bonchev–Trinajstić information content (AvgIpc) is 3.17. The summed E-state index contributed by atoms with van der Waals surface area (Å²) in [7, 11) is 0. The van der Waals surface area contributed by atoms with Gasteiger partial charge in [0.15, 0.2) is 5.60 Å². The van der Waals surface area contributed by atoms with Crippen LogP contribution in [0.4, 0.5) is 15.4 Å². The molecule has 1 aromatic carbocycles. The minimum atomic E-state index is -1.06. The monoisotopic (exact) mass is 486 g/mol. The highest BCUT2D eigenvalue weighted by Crippen LogP contribution is 2.43. The van der Waals surface area contributed by atoms with Crippen LogP contribution >= 0.6 is 11.6 Å². The molecular formula is C24H27ClN4O5. The lowest BCUT2D eigenvalue weighted by molar-refractivity contribution is -0.133. The SMILES string of the molecule is CC(C)(C)OC(=O)N[C@@H](Cc1ccccc1)C(=O)N1CCC2(C1)OC(=O)Nc1ncc(Cl)cc12. The highest BCUT2D eigenvalue weighted by molar-refractivity contribution is 6.30. The van der Waals surface area contributed by atoms with Crippen LogP contribution in [0.25, 0.3) is 0 Å². The fraction of sp³-hybridized carbons (Fsp3) is 0.417. The number of pyridine rings is 1. The van der Waals surface area contributed by atoms with Gasteiger partial charge in [-0.2, -0.15) is 0 Å². The van der Waals surface area contributed by atoms with Gasteiger partial charge in [-0.15, -0.1) is 0 Å². The van der Waals surface area contributed by atoms with Crippen molar-refractivity contribution in [2.75, 3.05) is 18.4 Å². The van der Waals surface area contributed by atoms with Crippen LogP contribution in [-0.4, -0.2) is 52.7 Å². The molecule has 4 rings (SSSR count). The summed E-state index contributed by atoms with van der Waals surface area (Å²) < 4.78 is 11.1. The molecule has 2 aliphatic rings. The molecule has 0 radical (unpaired) electrons. The first-order valence-corrected chi connectivity index (χ1v) is 11.4. The maximum absolute atomic E-state index is 13.6. The van der Waals surface area contributed by atoms with Crippen molar-refractivity contribution in [1.82, 2.24) is 15.2 Å². The fourth-order valence-corrected chi connectivity index (χ4v) is 4.39. The lowest BCUT2D eigenvalue weighted by Crippen LogP contribution is -2.51. The zero-order chi connectivity index (χ0) is 24.5. The number of nitrogens with one attached hydrogen (secondary N) is 2. The van der Waals surface area contributed by atoms with Crippen molar-refractivity contribution < 1.29 is 23.9 Å². The molecule has 1 unspecified atom stereocenters. The maximum Gasteiger partial charge on any atom is 0.413 e. The van der Waals surface area contributed by atoms with E-state index >= 15 is 0 Å². The number of benzene rings is 1. The van der Waals surface area contributed by atoms with Gasteiger partial charge in [-0.05, 0) is 32.4 Å². The molecule has 1 spiro atoms. The number of carbonyl (C=O) groups excluding carboxylic acids is 3. The molecular weight excluding hydrogens is 460 g/mol. The van der Waals surface area contributed by atoms with Crippen molar-refractivity contribution in [1.29, 1.82) is 0 Å². The molecule has 180 valence electrons. The predicted octanol–water partition coefficient (Wildman–Crippen LogP) is 3.86. The van der Waals surface area contributed by atoms with Crippen LogP contribution in [-0.2, 0) is 26.3 Å². The van der Waals surface area contributed by atoms with Crippen molar-refractivity contribution in [3.8, 4) is 0 Å². The Morgan fingerprint density at radius 2 is 2.06 bits per heavy atom. The van der Waals surface area contributed by atoms with E-state index in [4.69, 9.17) is 21.1 Å². The van der Waals surface area contributed by atoms with Crippen LogP contribution in [0, 0.1) is 0 Å². The minimum absolute atomic E-state index is 0.121. The van der Waals surface area contributed by atoms with Crippen LogP contribution in [0.2, 0.25) is 5.02 Å². The molecule has 3 heterocycles. The summed E-state index contributed by atoms with van der Waals surface area (Å²) in [6.45, 7) is 5.72. The van der Waals surface area contributed by atoms with Crippen molar-refractivity contribution >= 4 is 35.5 Å². The van der Waals surface area contributed by atoms with Crippen molar-refractivity contribution in [3.63, 3.8) is 0 Å². The van der Waals surface area contributed by atoms with Gasteiger partial charge in [-0.25, -0.2) is 14.6 Å². The smallest absolute Gasteiger partial charge is 0.413 e. The minimum Gasteiger partial charge on any atom is -0.444 e. The van der Waals surface area contributed by atoms with E-state index in [1.807, 2.05) is 30.3 Å². The number of rotatable bonds is 4. The Bertz CT molecular complexity index is 1100. The highest BCUT2D eigenvalue weighted by Gasteiger charge is 2.50. The molecule has 0 saturated carbocycles. The van der Waals surface area contributed by atoms with Crippen LogP contribution in [0.15, 0.2) is 42.6 Å². The number of hydrogen-bond donors (Lipinski definition) is 2. The third-order valence-corrected chi connectivity index (χ3v) is 5.88. The molecule has 1 aromatic heterocycles. The molecule has 3 amide bonds. The van der Waals surface area contributed by atoms with Gasteiger partial charge in [-0.1, -0.05) is 41.9 Å². The normalized spacial score (nSPS) is 20.2. The first kappa shape index (κ1) is 23.8. The van der Waals surface area contributed by atoms with E-state index in [1.165, 1.54) is 6.20 Å². The van der Waals surface area contributed by atoms with E-state index in [1.54, 1.807) is 31.7 Å². The van der Waals surface area contributed by atoms with Crippen molar-refractivity contribution in [3.05, 3.63) is 58.7 Å². The largest absolute Gasteiger partial charge is 0.444 e. The Morgan fingerprint density at radius 3 is 2.76 bits per heavy atom. The van der Waals surface area contributed by atoms with Gasteiger partial charge in [0.25, 0.3) is 0 Å². The number of alkyl carbamates (subject to hydrolysis) is 1. The Hall–Kier alpha value is -3.33. The molecule has 1 fully saturated rings. The van der Waals surface area contributed by atoms with Gasteiger partial charge in [0.1, 0.15) is 17.5 Å². The standard InChI is InChI=1S/C24H27ClN4O5/c1-23(2,3)33-21(31)27-18(11-15-7-5-4-6-8-15)20(30)29-10-9-24(14-29)17-12-16(25)13-26-19(17)28-22(32)34-24/h4-8,12-13,18H,9-11,14H2,1-3H3,(H,27,31)(H,26,28,32)/t18-,24?/m0/s1. The second-order valence-corrected chi connectivity index (χ2v) is 9.89. The zero-order valence-corrected chi connectivity index (χ0v) is 20.0. The van der Waals surface area contributed by atoms with Crippen molar-refractivity contribution in [2.45, 2.75) is 50.9 Å². The first-order chi connectivity index (χ1) is 16.0. The number of halogens is 1. The van der Waals surface area contributed by atoms with Crippen LogP contribution in [0.3, 0.4) is 0 Å². The molecule has 0 aliphatic carbocycles. The molecule has 2 aliphatic heterocycles. The Balaban J connectivity index is 1.57. The second kappa shape index (κ2) is 9.13. The van der Waals surface area contributed by atoms with Gasteiger partial charge < -0.3 is 19.7 Å². The van der Waals surface area contributed by atoms with E-state index in [0.29, 0.717) is 29.4 Å². The fourth-order valence-electron chi connectivity index (χ4n) is 4.23. The van der Waals surface area contributed by atoms with Crippen LogP contribution in [0.5, 0.6) is 0 Å². The van der Waals surface area contributed by atoms with E-state index in [0.717, 1.165) is 5.56 Å². The summed E-state index contributed by atoms with van der Waals surface area (Å²) in [6.07, 6.45) is 0.798.